The molecule has 2 N–H and O–H groups in total. The first-order valence-electron chi connectivity index (χ1n) is 9.06. The Labute approximate surface area is 148 Å². The lowest BCUT2D eigenvalue weighted by atomic mass is 10.1. The van der Waals surface area contributed by atoms with Crippen molar-refractivity contribution in [3.05, 3.63) is 35.4 Å². The third kappa shape index (κ3) is 4.76. The average Bonchev–Trinajstić information content (AvgIpc) is 3.13. The van der Waals surface area contributed by atoms with Crippen molar-refractivity contribution in [2.45, 2.75) is 56.7 Å². The molecule has 1 aromatic rings. The maximum Gasteiger partial charge on any atom is 0.253 e. The molecular weight excluding hydrogens is 318 g/mol. The molecular formula is C19H27N3OS. The topological polar surface area (TPSA) is 58.7 Å². The fourth-order valence-electron chi connectivity index (χ4n) is 3.48. The Morgan fingerprint density at radius 3 is 2.67 bits per heavy atom. The summed E-state index contributed by atoms with van der Waals surface area (Å²) in [5.74, 6) is 0.928. The van der Waals surface area contributed by atoms with Gasteiger partial charge in [-0.05, 0) is 49.8 Å². The normalized spacial score (nSPS) is 19.7. The summed E-state index contributed by atoms with van der Waals surface area (Å²) in [6, 6.07) is 8.37. The first-order valence-corrected chi connectivity index (χ1v) is 10.1. The van der Waals surface area contributed by atoms with Crippen molar-refractivity contribution >= 4 is 22.8 Å². The Morgan fingerprint density at radius 2 is 1.92 bits per heavy atom. The van der Waals surface area contributed by atoms with Crippen molar-refractivity contribution in [2.75, 3.05) is 13.1 Å². The maximum atomic E-state index is 12.6. The minimum Gasteiger partial charge on any atom is -0.379 e. The van der Waals surface area contributed by atoms with Gasteiger partial charge in [0, 0.05) is 24.4 Å². The van der Waals surface area contributed by atoms with Crippen LogP contribution in [-0.2, 0) is 5.75 Å². The summed E-state index contributed by atoms with van der Waals surface area (Å²) >= 11 is 1.58. The summed E-state index contributed by atoms with van der Waals surface area (Å²) in [5, 5.41) is 0.676. The van der Waals surface area contributed by atoms with Gasteiger partial charge in [0.15, 0.2) is 5.17 Å². The molecule has 1 amide bonds. The van der Waals surface area contributed by atoms with E-state index >= 15 is 0 Å². The van der Waals surface area contributed by atoms with Crippen LogP contribution < -0.4 is 5.73 Å². The van der Waals surface area contributed by atoms with Crippen LogP contribution in [0.2, 0.25) is 0 Å². The number of amides is 1. The molecule has 1 saturated carbocycles. The molecule has 2 aliphatic rings. The summed E-state index contributed by atoms with van der Waals surface area (Å²) < 4.78 is 0. The number of benzene rings is 1. The third-order valence-electron chi connectivity index (χ3n) is 4.84. The smallest absolute Gasteiger partial charge is 0.253 e. The molecule has 0 bridgehead atoms. The number of rotatable bonds is 4. The lowest BCUT2D eigenvalue weighted by Crippen LogP contribution is -2.35. The van der Waals surface area contributed by atoms with Crippen molar-refractivity contribution in [2.24, 2.45) is 10.7 Å². The van der Waals surface area contributed by atoms with E-state index in [1.54, 1.807) is 11.8 Å². The van der Waals surface area contributed by atoms with E-state index in [9.17, 15) is 4.79 Å². The Balaban J connectivity index is 1.57. The molecule has 0 unspecified atom stereocenters. The molecule has 1 aliphatic carbocycles. The molecule has 0 radical (unpaired) electrons. The van der Waals surface area contributed by atoms with Crippen LogP contribution in [0.1, 0.15) is 60.9 Å². The van der Waals surface area contributed by atoms with Gasteiger partial charge < -0.3 is 10.6 Å². The molecule has 3 rings (SSSR count). The van der Waals surface area contributed by atoms with Crippen molar-refractivity contribution in [1.82, 2.24) is 4.90 Å². The molecule has 1 saturated heterocycles. The van der Waals surface area contributed by atoms with Crippen molar-refractivity contribution in [1.29, 1.82) is 0 Å². The predicted octanol–water partition coefficient (Wildman–Crippen LogP) is 3.80. The second kappa shape index (κ2) is 8.56. The van der Waals surface area contributed by atoms with Crippen molar-refractivity contribution in [3.63, 3.8) is 0 Å². The van der Waals surface area contributed by atoms with Crippen LogP contribution in [0.3, 0.4) is 0 Å². The van der Waals surface area contributed by atoms with Gasteiger partial charge in [-0.1, -0.05) is 36.7 Å². The number of aliphatic imine (C=N–C) groups is 1. The van der Waals surface area contributed by atoms with Gasteiger partial charge in [0.1, 0.15) is 0 Å². The van der Waals surface area contributed by atoms with E-state index in [0.717, 1.165) is 42.8 Å². The second-order valence-electron chi connectivity index (χ2n) is 6.75. The van der Waals surface area contributed by atoms with Crippen LogP contribution in [0.15, 0.2) is 29.3 Å². The summed E-state index contributed by atoms with van der Waals surface area (Å²) in [5.41, 5.74) is 7.98. The van der Waals surface area contributed by atoms with E-state index in [1.807, 2.05) is 23.1 Å². The lowest BCUT2D eigenvalue weighted by Gasteiger charge is -2.26. The molecule has 0 atom stereocenters. The van der Waals surface area contributed by atoms with E-state index in [4.69, 9.17) is 5.73 Å². The number of amidine groups is 1. The van der Waals surface area contributed by atoms with Crippen LogP contribution in [-0.4, -0.2) is 35.1 Å². The van der Waals surface area contributed by atoms with E-state index in [-0.39, 0.29) is 5.91 Å². The molecule has 4 nitrogen and oxygen atoms in total. The van der Waals surface area contributed by atoms with Gasteiger partial charge >= 0.3 is 0 Å². The summed E-state index contributed by atoms with van der Waals surface area (Å²) in [7, 11) is 0. The van der Waals surface area contributed by atoms with E-state index in [2.05, 4.69) is 11.1 Å². The predicted molar refractivity (Wildman–Crippen MR) is 101 cm³/mol. The van der Waals surface area contributed by atoms with Gasteiger partial charge in [-0.3, -0.25) is 9.79 Å². The number of carbonyl (C=O) groups is 1. The molecule has 1 aromatic carbocycles. The monoisotopic (exact) mass is 345 g/mol. The average molecular weight is 346 g/mol. The number of likely N-dealkylation sites (tertiary alicyclic amines) is 1. The van der Waals surface area contributed by atoms with Crippen molar-refractivity contribution in [3.8, 4) is 0 Å². The molecule has 0 aromatic heterocycles. The quantitative estimate of drug-likeness (QED) is 0.667. The Kier molecular flexibility index (Phi) is 6.18. The largest absolute Gasteiger partial charge is 0.379 e. The number of hydrogen-bond acceptors (Lipinski definition) is 3. The molecule has 1 aliphatic heterocycles. The van der Waals surface area contributed by atoms with Crippen molar-refractivity contribution < 1.29 is 4.79 Å². The summed E-state index contributed by atoms with van der Waals surface area (Å²) in [6.45, 7) is 1.78. The first-order chi connectivity index (χ1) is 11.7. The molecule has 130 valence electrons. The lowest BCUT2D eigenvalue weighted by molar-refractivity contribution is 0.0724. The van der Waals surface area contributed by atoms with Crippen LogP contribution >= 0.6 is 11.8 Å². The van der Waals surface area contributed by atoms with Gasteiger partial charge in [-0.2, -0.15) is 0 Å². The van der Waals surface area contributed by atoms with Gasteiger partial charge in [0.25, 0.3) is 5.91 Å². The number of carbonyl (C=O) groups excluding carboxylic acids is 1. The highest BCUT2D eigenvalue weighted by Crippen LogP contribution is 2.23. The van der Waals surface area contributed by atoms with E-state index < -0.39 is 0 Å². The molecule has 24 heavy (non-hydrogen) atoms. The molecule has 1 heterocycles. The fourth-order valence-corrected chi connectivity index (χ4v) is 4.20. The summed E-state index contributed by atoms with van der Waals surface area (Å²) in [4.78, 5) is 19.2. The SMILES string of the molecule is NC(=NC1CCCC1)SCc1cccc(C(=O)N2CCCCC2)c1. The standard InChI is InChI=1S/C19H27N3OS/c20-19(21-17-9-2-3-10-17)24-14-15-7-6-8-16(13-15)18(23)22-11-4-1-5-12-22/h6-8,13,17H,1-5,9-12,14H2,(H2,20,21). The number of piperidine rings is 1. The molecule has 2 fully saturated rings. The number of thioether (sulfide) groups is 1. The second-order valence-corrected chi connectivity index (χ2v) is 7.74. The molecule has 5 heteroatoms. The highest BCUT2D eigenvalue weighted by Gasteiger charge is 2.18. The van der Waals surface area contributed by atoms with Gasteiger partial charge in [0.05, 0.1) is 6.04 Å². The first kappa shape index (κ1) is 17.3. The summed E-state index contributed by atoms with van der Waals surface area (Å²) in [6.07, 6.45) is 8.35. The van der Waals surface area contributed by atoms with Crippen LogP contribution in [0.4, 0.5) is 0 Å². The highest BCUT2D eigenvalue weighted by molar-refractivity contribution is 8.13. The zero-order valence-corrected chi connectivity index (χ0v) is 15.1. The van der Waals surface area contributed by atoms with Crippen LogP contribution in [0.5, 0.6) is 0 Å². The van der Waals surface area contributed by atoms with E-state index in [0.29, 0.717) is 11.2 Å². The minimum atomic E-state index is 0.161. The maximum absolute atomic E-state index is 12.6. The number of hydrogen-bond donors (Lipinski definition) is 1. The third-order valence-corrected chi connectivity index (χ3v) is 5.72. The van der Waals surface area contributed by atoms with E-state index in [1.165, 1.54) is 32.1 Å². The Bertz CT molecular complexity index is 590. The number of nitrogens with zero attached hydrogens (tertiary/aromatic N) is 2. The fraction of sp³-hybridized carbons (Fsp3) is 0.579. The van der Waals surface area contributed by atoms with Gasteiger partial charge in [-0.25, -0.2) is 0 Å². The zero-order valence-electron chi connectivity index (χ0n) is 14.2. The highest BCUT2D eigenvalue weighted by atomic mass is 32.2. The molecule has 0 spiro atoms. The van der Waals surface area contributed by atoms with Crippen LogP contribution in [0.25, 0.3) is 0 Å². The minimum absolute atomic E-state index is 0.161. The Morgan fingerprint density at radius 1 is 1.17 bits per heavy atom. The Hall–Kier alpha value is -1.49. The zero-order chi connectivity index (χ0) is 16.8. The number of nitrogens with two attached hydrogens (primary N) is 1. The van der Waals surface area contributed by atoms with Crippen LogP contribution in [0, 0.1) is 0 Å². The van der Waals surface area contributed by atoms with Gasteiger partial charge in [-0.15, -0.1) is 0 Å². The van der Waals surface area contributed by atoms with Gasteiger partial charge in [0.2, 0.25) is 0 Å².